The molecule has 1 fully saturated rings. The maximum atomic E-state index is 13.1. The van der Waals surface area contributed by atoms with E-state index in [1.54, 1.807) is 48.8 Å². The average molecular weight is 483 g/mol. The molecule has 178 valence electrons. The highest BCUT2D eigenvalue weighted by atomic mass is 32.2. The number of benzene rings is 2. The van der Waals surface area contributed by atoms with Gasteiger partial charge in [0.05, 0.1) is 23.3 Å². The van der Waals surface area contributed by atoms with Gasteiger partial charge in [0.15, 0.2) is 0 Å². The summed E-state index contributed by atoms with van der Waals surface area (Å²) in [5.41, 5.74) is 2.55. The summed E-state index contributed by atoms with van der Waals surface area (Å²) in [6.45, 7) is 1.86. The van der Waals surface area contributed by atoms with Crippen LogP contribution < -0.4 is 10.0 Å². The zero-order valence-corrected chi connectivity index (χ0v) is 19.6. The number of sulfonamides is 1. The normalized spacial score (nSPS) is 19.4. The van der Waals surface area contributed by atoms with Crippen molar-refractivity contribution in [3.63, 3.8) is 0 Å². The highest BCUT2D eigenvalue weighted by molar-refractivity contribution is 7.89. The topological polar surface area (TPSA) is 101 Å². The lowest BCUT2D eigenvalue weighted by Gasteiger charge is -2.29. The Balaban J connectivity index is 1.30. The van der Waals surface area contributed by atoms with Crippen molar-refractivity contribution in [2.75, 3.05) is 0 Å². The van der Waals surface area contributed by atoms with Gasteiger partial charge in [-0.15, -0.1) is 0 Å². The van der Waals surface area contributed by atoms with Crippen molar-refractivity contribution in [1.29, 1.82) is 0 Å². The Labute approximate surface area is 198 Å². The van der Waals surface area contributed by atoms with Gasteiger partial charge in [-0.05, 0) is 74.1 Å². The lowest BCUT2D eigenvalue weighted by molar-refractivity contribution is -0.126. The fraction of sp³-hybridized carbons (Fsp3) is 0.320. The highest BCUT2D eigenvalue weighted by Crippen LogP contribution is 2.27. The van der Waals surface area contributed by atoms with Crippen molar-refractivity contribution in [1.82, 2.24) is 20.2 Å². The molecule has 1 aliphatic carbocycles. The van der Waals surface area contributed by atoms with Crippen LogP contribution in [0.3, 0.4) is 0 Å². The molecule has 1 aliphatic rings. The summed E-state index contributed by atoms with van der Waals surface area (Å²) < 4.78 is 41.6. The summed E-state index contributed by atoms with van der Waals surface area (Å²) in [7, 11) is -3.66. The number of hydrogen-bond acceptors (Lipinski definition) is 5. The maximum absolute atomic E-state index is 13.1. The summed E-state index contributed by atoms with van der Waals surface area (Å²) in [6, 6.07) is 14.1. The molecule has 2 N–H and O–H groups in total. The molecule has 3 aromatic rings. The van der Waals surface area contributed by atoms with Crippen molar-refractivity contribution in [3.05, 3.63) is 78.4 Å². The van der Waals surface area contributed by atoms with Gasteiger partial charge in [0.1, 0.15) is 5.82 Å². The number of carbonyl (C=O) groups is 1. The van der Waals surface area contributed by atoms with Crippen LogP contribution in [0.25, 0.3) is 11.1 Å². The van der Waals surface area contributed by atoms with E-state index in [0.29, 0.717) is 25.7 Å². The van der Waals surface area contributed by atoms with Crippen molar-refractivity contribution >= 4 is 15.9 Å². The summed E-state index contributed by atoms with van der Waals surface area (Å²) in [5.74, 6) is -0.540. The summed E-state index contributed by atoms with van der Waals surface area (Å²) in [4.78, 5) is 12.9. The fourth-order valence-electron chi connectivity index (χ4n) is 4.21. The Morgan fingerprint density at radius 3 is 2.24 bits per heavy atom. The SMILES string of the molecule is C[C@@H](NC(=O)[C@H]1CC[C@H](NS(=O)(=O)c2ccc(-c3ccnnc3)cc2)CC1)c1ccc(F)cc1. The Kier molecular flexibility index (Phi) is 7.33. The molecular formula is C25H27FN4O3S. The van der Waals surface area contributed by atoms with Gasteiger partial charge in [0.25, 0.3) is 0 Å². The number of carbonyl (C=O) groups excluding carboxylic acids is 1. The van der Waals surface area contributed by atoms with Crippen LogP contribution in [0.15, 0.2) is 71.9 Å². The van der Waals surface area contributed by atoms with Crippen LogP contribution in [-0.2, 0) is 14.8 Å². The molecule has 4 rings (SSSR count). The quantitative estimate of drug-likeness (QED) is 0.530. The number of aromatic nitrogens is 2. The van der Waals surface area contributed by atoms with Gasteiger partial charge < -0.3 is 5.32 Å². The molecule has 0 unspecified atom stereocenters. The molecule has 9 heteroatoms. The van der Waals surface area contributed by atoms with Crippen LogP contribution in [-0.4, -0.2) is 30.6 Å². The van der Waals surface area contributed by atoms with E-state index in [-0.39, 0.29) is 34.6 Å². The minimum absolute atomic E-state index is 0.0562. The van der Waals surface area contributed by atoms with E-state index in [1.165, 1.54) is 12.1 Å². The van der Waals surface area contributed by atoms with E-state index in [2.05, 4.69) is 20.2 Å². The molecule has 34 heavy (non-hydrogen) atoms. The highest BCUT2D eigenvalue weighted by Gasteiger charge is 2.29. The van der Waals surface area contributed by atoms with Crippen molar-refractivity contribution in [2.24, 2.45) is 5.92 Å². The van der Waals surface area contributed by atoms with Gasteiger partial charge in [-0.1, -0.05) is 24.3 Å². The van der Waals surface area contributed by atoms with Gasteiger partial charge in [-0.2, -0.15) is 10.2 Å². The molecular weight excluding hydrogens is 455 g/mol. The third kappa shape index (κ3) is 5.84. The molecule has 1 aromatic heterocycles. The lowest BCUT2D eigenvalue weighted by Crippen LogP contribution is -2.41. The predicted molar refractivity (Wildman–Crippen MR) is 126 cm³/mol. The molecule has 0 aliphatic heterocycles. The number of hydrogen-bond donors (Lipinski definition) is 2. The molecule has 0 saturated heterocycles. The van der Waals surface area contributed by atoms with Crippen LogP contribution in [0.2, 0.25) is 0 Å². The first-order chi connectivity index (χ1) is 16.3. The number of amides is 1. The second kappa shape index (κ2) is 10.4. The molecule has 1 heterocycles. The monoisotopic (exact) mass is 482 g/mol. The largest absolute Gasteiger partial charge is 0.349 e. The minimum Gasteiger partial charge on any atom is -0.349 e. The smallest absolute Gasteiger partial charge is 0.240 e. The zero-order chi connectivity index (χ0) is 24.1. The Morgan fingerprint density at radius 2 is 1.62 bits per heavy atom. The second-order valence-corrected chi connectivity index (χ2v) is 10.3. The lowest BCUT2D eigenvalue weighted by atomic mass is 9.85. The number of halogens is 1. The summed E-state index contributed by atoms with van der Waals surface area (Å²) in [6.07, 6.45) is 5.58. The van der Waals surface area contributed by atoms with Crippen LogP contribution in [0.4, 0.5) is 4.39 Å². The summed E-state index contributed by atoms with van der Waals surface area (Å²) >= 11 is 0. The first-order valence-corrected chi connectivity index (χ1v) is 12.8. The predicted octanol–water partition coefficient (Wildman–Crippen LogP) is 4.00. The van der Waals surface area contributed by atoms with E-state index in [1.807, 2.05) is 13.0 Å². The fourth-order valence-corrected chi connectivity index (χ4v) is 5.52. The van der Waals surface area contributed by atoms with Gasteiger partial charge in [-0.25, -0.2) is 17.5 Å². The van der Waals surface area contributed by atoms with Crippen LogP contribution in [0, 0.1) is 11.7 Å². The second-order valence-electron chi connectivity index (χ2n) is 8.61. The van der Waals surface area contributed by atoms with Crippen molar-refractivity contribution in [3.8, 4) is 11.1 Å². The van der Waals surface area contributed by atoms with E-state index in [9.17, 15) is 17.6 Å². The molecule has 1 saturated carbocycles. The standard InChI is InChI=1S/C25H27FN4O3S/c1-17(18-2-8-22(26)9-3-18)29-25(31)20-4-10-23(11-5-20)30-34(32,33)24-12-6-19(7-13-24)21-14-15-27-28-16-21/h2-3,6-9,12-17,20,23,30H,4-5,10-11H2,1H3,(H,29,31)/t17-,20-,23-/m1/s1. The molecule has 1 amide bonds. The molecule has 1 atom stereocenters. The third-order valence-electron chi connectivity index (χ3n) is 6.23. The van der Waals surface area contributed by atoms with Gasteiger partial charge in [0.2, 0.25) is 15.9 Å². The zero-order valence-electron chi connectivity index (χ0n) is 18.8. The number of nitrogens with zero attached hydrogens (tertiary/aromatic N) is 2. The maximum Gasteiger partial charge on any atom is 0.240 e. The first kappa shape index (κ1) is 24.0. The van der Waals surface area contributed by atoms with Gasteiger partial charge in [0, 0.05) is 17.5 Å². The van der Waals surface area contributed by atoms with Crippen molar-refractivity contribution in [2.45, 2.75) is 49.6 Å². The number of nitrogens with one attached hydrogen (secondary N) is 2. The molecule has 0 bridgehead atoms. The van der Waals surface area contributed by atoms with Crippen molar-refractivity contribution < 1.29 is 17.6 Å². The molecule has 0 radical (unpaired) electrons. The first-order valence-electron chi connectivity index (χ1n) is 11.3. The van der Waals surface area contributed by atoms with Gasteiger partial charge >= 0.3 is 0 Å². The molecule has 2 aromatic carbocycles. The Bertz CT molecular complexity index is 1210. The average Bonchev–Trinajstić information content (AvgIpc) is 2.85. The Hall–Kier alpha value is -3.17. The minimum atomic E-state index is -3.66. The Morgan fingerprint density at radius 1 is 0.941 bits per heavy atom. The van der Waals surface area contributed by atoms with Crippen LogP contribution >= 0.6 is 0 Å². The van der Waals surface area contributed by atoms with E-state index in [0.717, 1.165) is 16.7 Å². The van der Waals surface area contributed by atoms with Crippen LogP contribution in [0.1, 0.15) is 44.2 Å². The molecule has 7 nitrogen and oxygen atoms in total. The molecule has 0 spiro atoms. The number of rotatable bonds is 7. The third-order valence-corrected chi connectivity index (χ3v) is 7.77. The van der Waals surface area contributed by atoms with Gasteiger partial charge in [-0.3, -0.25) is 4.79 Å². The van der Waals surface area contributed by atoms with E-state index in [4.69, 9.17) is 0 Å². The van der Waals surface area contributed by atoms with E-state index < -0.39 is 10.0 Å². The van der Waals surface area contributed by atoms with Crippen LogP contribution in [0.5, 0.6) is 0 Å². The van der Waals surface area contributed by atoms with E-state index >= 15 is 0 Å². The summed E-state index contributed by atoms with van der Waals surface area (Å²) in [5, 5.41) is 10.6.